The molecule has 0 spiro atoms. The number of halogens is 2. The Bertz CT molecular complexity index is 492. The fraction of sp³-hybridized carbons (Fsp3) is 0.500. The molecule has 6 heteroatoms. The van der Waals surface area contributed by atoms with Crippen LogP contribution in [0.15, 0.2) is 23.1 Å². The topological polar surface area (TPSA) is 41.1 Å². The van der Waals surface area contributed by atoms with E-state index in [1.165, 1.54) is 4.90 Å². The molecule has 2 heterocycles. The molecule has 20 heavy (non-hydrogen) atoms. The number of nitrogens with one attached hydrogen (secondary N) is 2. The molecule has 2 aliphatic heterocycles. The van der Waals surface area contributed by atoms with Crippen LogP contribution in [0.1, 0.15) is 30.9 Å². The second-order valence-corrected chi connectivity index (χ2v) is 6.60. The van der Waals surface area contributed by atoms with Gasteiger partial charge in [0.05, 0.1) is 12.1 Å². The fourth-order valence-electron chi connectivity index (χ4n) is 2.70. The Hall–Kier alpha value is -0.420. The van der Waals surface area contributed by atoms with Crippen LogP contribution in [0.25, 0.3) is 0 Å². The van der Waals surface area contributed by atoms with Gasteiger partial charge in [-0.15, -0.1) is 24.2 Å². The molecule has 2 aliphatic rings. The number of carbonyl (C=O) groups is 1. The first-order chi connectivity index (χ1) is 9.24. The smallest absolute Gasteiger partial charge is 0.237 e. The van der Waals surface area contributed by atoms with E-state index >= 15 is 0 Å². The van der Waals surface area contributed by atoms with Crippen LogP contribution in [-0.2, 0) is 4.79 Å². The number of hydrogen-bond donors (Lipinski definition) is 2. The SMILES string of the molecule is Cl.O=C(NC1CCSc2ccc(Cl)cc21)[C@@H]1CCCN1. The molecule has 1 aromatic carbocycles. The van der Waals surface area contributed by atoms with Gasteiger partial charge in [-0.1, -0.05) is 11.6 Å². The minimum absolute atomic E-state index is 0. The van der Waals surface area contributed by atoms with Crippen molar-refractivity contribution in [3.05, 3.63) is 28.8 Å². The van der Waals surface area contributed by atoms with Crippen molar-refractivity contribution in [2.75, 3.05) is 12.3 Å². The summed E-state index contributed by atoms with van der Waals surface area (Å²) in [6.07, 6.45) is 2.99. The Balaban J connectivity index is 0.00000147. The Kier molecular flexibility index (Phi) is 5.61. The van der Waals surface area contributed by atoms with Gasteiger partial charge in [-0.2, -0.15) is 0 Å². The Labute approximate surface area is 134 Å². The predicted octanol–water partition coefficient (Wildman–Crippen LogP) is 3.17. The van der Waals surface area contributed by atoms with E-state index in [4.69, 9.17) is 11.6 Å². The summed E-state index contributed by atoms with van der Waals surface area (Å²) in [5.74, 6) is 1.16. The molecule has 0 aromatic heterocycles. The van der Waals surface area contributed by atoms with Crippen molar-refractivity contribution in [3.63, 3.8) is 0 Å². The van der Waals surface area contributed by atoms with Gasteiger partial charge >= 0.3 is 0 Å². The van der Waals surface area contributed by atoms with Gasteiger partial charge in [0.25, 0.3) is 0 Å². The molecular weight excluding hydrogens is 315 g/mol. The van der Waals surface area contributed by atoms with Gasteiger partial charge in [-0.05, 0) is 49.6 Å². The lowest BCUT2D eigenvalue weighted by Gasteiger charge is -2.27. The number of amides is 1. The van der Waals surface area contributed by atoms with Crippen LogP contribution in [0.5, 0.6) is 0 Å². The molecule has 3 rings (SSSR count). The van der Waals surface area contributed by atoms with Crippen LogP contribution < -0.4 is 10.6 Å². The lowest BCUT2D eigenvalue weighted by atomic mass is 10.0. The van der Waals surface area contributed by atoms with E-state index in [-0.39, 0.29) is 30.4 Å². The van der Waals surface area contributed by atoms with Crippen molar-refractivity contribution < 1.29 is 4.79 Å². The zero-order chi connectivity index (χ0) is 13.2. The molecule has 0 aliphatic carbocycles. The van der Waals surface area contributed by atoms with Gasteiger partial charge in [0, 0.05) is 15.7 Å². The van der Waals surface area contributed by atoms with Crippen molar-refractivity contribution in [1.82, 2.24) is 10.6 Å². The van der Waals surface area contributed by atoms with Gasteiger partial charge < -0.3 is 10.6 Å². The third-order valence-corrected chi connectivity index (χ3v) is 5.06. The quantitative estimate of drug-likeness (QED) is 0.873. The predicted molar refractivity (Wildman–Crippen MR) is 85.9 cm³/mol. The van der Waals surface area contributed by atoms with E-state index in [1.54, 1.807) is 0 Å². The van der Waals surface area contributed by atoms with Crippen LogP contribution in [0, 0.1) is 0 Å². The van der Waals surface area contributed by atoms with Crippen LogP contribution >= 0.6 is 35.8 Å². The lowest BCUT2D eigenvalue weighted by Crippen LogP contribution is -2.42. The van der Waals surface area contributed by atoms with Crippen LogP contribution in [-0.4, -0.2) is 24.2 Å². The Morgan fingerprint density at radius 3 is 3.00 bits per heavy atom. The lowest BCUT2D eigenvalue weighted by molar-refractivity contribution is -0.123. The van der Waals surface area contributed by atoms with Gasteiger partial charge in [-0.3, -0.25) is 4.79 Å². The molecule has 0 saturated carbocycles. The van der Waals surface area contributed by atoms with Crippen LogP contribution in [0.4, 0.5) is 0 Å². The number of fused-ring (bicyclic) bond motifs is 1. The molecule has 0 bridgehead atoms. The van der Waals surface area contributed by atoms with Gasteiger partial charge in [0.15, 0.2) is 0 Å². The zero-order valence-electron chi connectivity index (χ0n) is 11.0. The van der Waals surface area contributed by atoms with Crippen molar-refractivity contribution in [2.24, 2.45) is 0 Å². The highest BCUT2D eigenvalue weighted by molar-refractivity contribution is 7.99. The van der Waals surface area contributed by atoms with Crippen molar-refractivity contribution >= 4 is 41.7 Å². The van der Waals surface area contributed by atoms with E-state index < -0.39 is 0 Å². The summed E-state index contributed by atoms with van der Waals surface area (Å²) in [6.45, 7) is 0.945. The average Bonchev–Trinajstić information content (AvgIpc) is 2.93. The first-order valence-electron chi connectivity index (χ1n) is 6.70. The second-order valence-electron chi connectivity index (χ2n) is 5.03. The van der Waals surface area contributed by atoms with Crippen molar-refractivity contribution in [1.29, 1.82) is 0 Å². The summed E-state index contributed by atoms with van der Waals surface area (Å²) in [6, 6.07) is 6.03. The molecule has 1 aromatic rings. The maximum absolute atomic E-state index is 12.2. The standard InChI is InChI=1S/C14H17ClN2OS.ClH/c15-9-3-4-13-10(8-9)11(5-7-19-13)17-14(18)12-2-1-6-16-12;/h3-4,8,11-12,16H,1-2,5-7H2,(H,17,18);1H/t11?,12-;/m0./s1. The molecule has 1 fully saturated rings. The maximum Gasteiger partial charge on any atom is 0.237 e. The molecule has 0 radical (unpaired) electrons. The molecule has 1 unspecified atom stereocenters. The van der Waals surface area contributed by atoms with E-state index in [0.717, 1.165) is 42.1 Å². The summed E-state index contributed by atoms with van der Waals surface area (Å²) in [5, 5.41) is 7.14. The first kappa shape index (κ1) is 16.0. The van der Waals surface area contributed by atoms with Crippen molar-refractivity contribution in [2.45, 2.75) is 36.2 Å². The minimum Gasteiger partial charge on any atom is -0.348 e. The summed E-state index contributed by atoms with van der Waals surface area (Å²) in [7, 11) is 0. The van der Waals surface area contributed by atoms with Crippen LogP contribution in [0.2, 0.25) is 5.02 Å². The molecule has 110 valence electrons. The normalized spacial score (nSPS) is 24.6. The molecule has 1 amide bonds. The fourth-order valence-corrected chi connectivity index (χ4v) is 3.98. The highest BCUT2D eigenvalue weighted by Gasteiger charge is 2.27. The van der Waals surface area contributed by atoms with Crippen molar-refractivity contribution in [3.8, 4) is 0 Å². The third kappa shape index (κ3) is 3.42. The van der Waals surface area contributed by atoms with E-state index in [2.05, 4.69) is 16.7 Å². The molecular formula is C14H18Cl2N2OS. The number of thioether (sulfide) groups is 1. The summed E-state index contributed by atoms with van der Waals surface area (Å²) in [4.78, 5) is 13.4. The van der Waals surface area contributed by atoms with Gasteiger partial charge in [0.2, 0.25) is 5.91 Å². The molecule has 2 atom stereocenters. The van der Waals surface area contributed by atoms with E-state index in [1.807, 2.05) is 23.9 Å². The summed E-state index contributed by atoms with van der Waals surface area (Å²) >= 11 is 7.91. The highest BCUT2D eigenvalue weighted by atomic mass is 35.5. The van der Waals surface area contributed by atoms with E-state index in [0.29, 0.717) is 0 Å². The van der Waals surface area contributed by atoms with E-state index in [9.17, 15) is 4.79 Å². The summed E-state index contributed by atoms with van der Waals surface area (Å²) in [5.41, 5.74) is 1.16. The minimum atomic E-state index is -0.0165. The van der Waals surface area contributed by atoms with Gasteiger partial charge in [0.1, 0.15) is 0 Å². The number of benzene rings is 1. The van der Waals surface area contributed by atoms with Crippen LogP contribution in [0.3, 0.4) is 0 Å². The number of carbonyl (C=O) groups excluding carboxylic acids is 1. The number of rotatable bonds is 2. The average molecular weight is 333 g/mol. The van der Waals surface area contributed by atoms with Gasteiger partial charge in [-0.25, -0.2) is 0 Å². The molecule has 2 N–H and O–H groups in total. The monoisotopic (exact) mass is 332 g/mol. The molecule has 3 nitrogen and oxygen atoms in total. The Morgan fingerprint density at radius 1 is 1.40 bits per heavy atom. The summed E-state index contributed by atoms with van der Waals surface area (Å²) < 4.78 is 0. The first-order valence-corrected chi connectivity index (χ1v) is 8.06. The highest BCUT2D eigenvalue weighted by Crippen LogP contribution is 2.37. The Morgan fingerprint density at radius 2 is 2.25 bits per heavy atom. The third-order valence-electron chi connectivity index (χ3n) is 3.70. The zero-order valence-corrected chi connectivity index (χ0v) is 13.4. The number of hydrogen-bond acceptors (Lipinski definition) is 3. The largest absolute Gasteiger partial charge is 0.348 e. The second kappa shape index (κ2) is 7.03. The molecule has 1 saturated heterocycles. The maximum atomic E-state index is 12.2.